The fourth-order valence-electron chi connectivity index (χ4n) is 4.34. The number of H-pyrrole nitrogens is 1. The SMILES string of the molecule is C=C1NCCc2c(-c3cccc(CN4CCOCC4)c3)[nH]c3cccc1c23. The Hall–Kier alpha value is -2.56. The maximum absolute atomic E-state index is 5.47. The van der Waals surface area contributed by atoms with Crippen LogP contribution in [0, 0.1) is 0 Å². The van der Waals surface area contributed by atoms with Crippen molar-refractivity contribution in [2.45, 2.75) is 13.0 Å². The number of nitrogens with zero attached hydrogens (tertiary/aromatic N) is 1. The van der Waals surface area contributed by atoms with Gasteiger partial charge in [-0.05, 0) is 35.2 Å². The maximum atomic E-state index is 5.47. The van der Waals surface area contributed by atoms with E-state index in [0.29, 0.717) is 0 Å². The number of aromatic amines is 1. The molecule has 0 saturated carbocycles. The van der Waals surface area contributed by atoms with Crippen LogP contribution in [0.1, 0.15) is 16.7 Å². The second-order valence-electron chi connectivity index (χ2n) is 7.45. The van der Waals surface area contributed by atoms with Crippen molar-refractivity contribution in [1.82, 2.24) is 15.2 Å². The number of hydrogen-bond donors (Lipinski definition) is 2. The predicted octanol–water partition coefficient (Wildman–Crippen LogP) is 3.78. The lowest BCUT2D eigenvalue weighted by Crippen LogP contribution is -2.35. The number of ether oxygens (including phenoxy) is 1. The summed E-state index contributed by atoms with van der Waals surface area (Å²) in [4.78, 5) is 6.16. The lowest BCUT2D eigenvalue weighted by Gasteiger charge is -2.26. The Labute approximate surface area is 159 Å². The van der Waals surface area contributed by atoms with Crippen molar-refractivity contribution in [2.24, 2.45) is 0 Å². The van der Waals surface area contributed by atoms with Crippen LogP contribution < -0.4 is 5.32 Å². The highest BCUT2D eigenvalue weighted by molar-refractivity contribution is 5.99. The van der Waals surface area contributed by atoms with E-state index in [4.69, 9.17) is 4.74 Å². The van der Waals surface area contributed by atoms with Crippen molar-refractivity contribution >= 4 is 16.6 Å². The Morgan fingerprint density at radius 3 is 2.81 bits per heavy atom. The molecule has 2 aliphatic rings. The minimum atomic E-state index is 0.839. The number of aromatic nitrogens is 1. The van der Waals surface area contributed by atoms with Gasteiger partial charge in [-0.2, -0.15) is 0 Å². The predicted molar refractivity (Wildman–Crippen MR) is 111 cm³/mol. The average molecular weight is 359 g/mol. The van der Waals surface area contributed by atoms with Gasteiger partial charge < -0.3 is 15.0 Å². The summed E-state index contributed by atoms with van der Waals surface area (Å²) >= 11 is 0. The highest BCUT2D eigenvalue weighted by Gasteiger charge is 2.20. The Kier molecular flexibility index (Phi) is 4.23. The average Bonchev–Trinajstić information content (AvgIpc) is 2.98. The molecule has 3 heterocycles. The van der Waals surface area contributed by atoms with E-state index in [2.05, 4.69) is 64.2 Å². The Bertz CT molecular complexity index is 998. The molecule has 2 aromatic carbocycles. The molecule has 0 amide bonds. The second-order valence-corrected chi connectivity index (χ2v) is 7.45. The molecule has 3 aromatic rings. The zero-order chi connectivity index (χ0) is 18.2. The Morgan fingerprint density at radius 2 is 1.93 bits per heavy atom. The third-order valence-electron chi connectivity index (χ3n) is 5.69. The van der Waals surface area contributed by atoms with E-state index in [9.17, 15) is 0 Å². The van der Waals surface area contributed by atoms with Crippen LogP contribution in [0.3, 0.4) is 0 Å². The second kappa shape index (κ2) is 6.87. The number of rotatable bonds is 3. The number of benzene rings is 2. The molecule has 0 radical (unpaired) electrons. The lowest BCUT2D eigenvalue weighted by atomic mass is 9.99. The van der Waals surface area contributed by atoms with E-state index in [1.165, 1.54) is 38.9 Å². The van der Waals surface area contributed by atoms with Crippen molar-refractivity contribution in [3.05, 3.63) is 65.7 Å². The van der Waals surface area contributed by atoms with Crippen molar-refractivity contribution in [1.29, 1.82) is 0 Å². The lowest BCUT2D eigenvalue weighted by molar-refractivity contribution is 0.0342. The van der Waals surface area contributed by atoms with E-state index < -0.39 is 0 Å². The van der Waals surface area contributed by atoms with Crippen LogP contribution in [-0.4, -0.2) is 42.7 Å². The van der Waals surface area contributed by atoms with Gasteiger partial charge in [-0.3, -0.25) is 4.90 Å². The Balaban J connectivity index is 1.55. The summed E-state index contributed by atoms with van der Waals surface area (Å²) in [7, 11) is 0. The first-order valence-electron chi connectivity index (χ1n) is 9.76. The minimum Gasteiger partial charge on any atom is -0.385 e. The first-order chi connectivity index (χ1) is 13.3. The van der Waals surface area contributed by atoms with Crippen molar-refractivity contribution in [3.63, 3.8) is 0 Å². The van der Waals surface area contributed by atoms with Gasteiger partial charge in [0.2, 0.25) is 0 Å². The molecule has 2 N–H and O–H groups in total. The molecule has 0 spiro atoms. The number of hydrogen-bond acceptors (Lipinski definition) is 3. The molecule has 4 heteroatoms. The zero-order valence-corrected chi connectivity index (χ0v) is 15.6. The molecule has 0 bridgehead atoms. The Morgan fingerprint density at radius 1 is 1.07 bits per heavy atom. The summed E-state index contributed by atoms with van der Waals surface area (Å²) in [5.74, 6) is 0. The van der Waals surface area contributed by atoms with Gasteiger partial charge in [-0.1, -0.05) is 36.9 Å². The topological polar surface area (TPSA) is 40.3 Å². The molecule has 1 aromatic heterocycles. The zero-order valence-electron chi connectivity index (χ0n) is 15.6. The monoisotopic (exact) mass is 359 g/mol. The normalized spacial score (nSPS) is 17.7. The maximum Gasteiger partial charge on any atom is 0.0594 e. The van der Waals surface area contributed by atoms with Crippen LogP contribution in [0.25, 0.3) is 27.9 Å². The highest BCUT2D eigenvalue weighted by atomic mass is 16.5. The van der Waals surface area contributed by atoms with Crippen LogP contribution in [0.4, 0.5) is 0 Å². The molecule has 0 unspecified atom stereocenters. The van der Waals surface area contributed by atoms with E-state index in [1.54, 1.807) is 0 Å². The van der Waals surface area contributed by atoms with Gasteiger partial charge in [0.1, 0.15) is 0 Å². The molecule has 1 saturated heterocycles. The first-order valence-corrected chi connectivity index (χ1v) is 9.76. The van der Waals surface area contributed by atoms with Gasteiger partial charge in [0, 0.05) is 54.0 Å². The van der Waals surface area contributed by atoms with E-state index in [0.717, 1.165) is 51.5 Å². The van der Waals surface area contributed by atoms with Crippen LogP contribution in [0.15, 0.2) is 49.0 Å². The fraction of sp³-hybridized carbons (Fsp3) is 0.304. The summed E-state index contributed by atoms with van der Waals surface area (Å²) in [5.41, 5.74) is 8.70. The minimum absolute atomic E-state index is 0.839. The summed E-state index contributed by atoms with van der Waals surface area (Å²) < 4.78 is 5.47. The largest absolute Gasteiger partial charge is 0.385 e. The van der Waals surface area contributed by atoms with E-state index in [-0.39, 0.29) is 0 Å². The molecule has 27 heavy (non-hydrogen) atoms. The van der Waals surface area contributed by atoms with Crippen LogP contribution in [0.2, 0.25) is 0 Å². The summed E-state index contributed by atoms with van der Waals surface area (Å²) in [6.45, 7) is 9.82. The summed E-state index contributed by atoms with van der Waals surface area (Å²) in [5, 5.41) is 4.78. The molecule has 2 aliphatic heterocycles. The summed E-state index contributed by atoms with van der Waals surface area (Å²) in [6.07, 6.45) is 0.999. The van der Waals surface area contributed by atoms with Gasteiger partial charge >= 0.3 is 0 Å². The smallest absolute Gasteiger partial charge is 0.0594 e. The van der Waals surface area contributed by atoms with Crippen molar-refractivity contribution in [3.8, 4) is 11.3 Å². The first kappa shape index (κ1) is 16.6. The van der Waals surface area contributed by atoms with Gasteiger partial charge in [-0.25, -0.2) is 0 Å². The third-order valence-corrected chi connectivity index (χ3v) is 5.69. The van der Waals surface area contributed by atoms with Crippen LogP contribution >= 0.6 is 0 Å². The standard InChI is InChI=1S/C23H25N3O/c1-16-19-6-3-7-21-22(19)20(8-9-24-16)23(25-21)18-5-2-4-17(14-18)15-26-10-12-27-13-11-26/h2-7,14,24-25H,1,8-13,15H2. The quantitative estimate of drug-likeness (QED) is 0.748. The van der Waals surface area contributed by atoms with Gasteiger partial charge in [0.15, 0.2) is 0 Å². The molecule has 0 aliphatic carbocycles. The van der Waals surface area contributed by atoms with Crippen LogP contribution in [0.5, 0.6) is 0 Å². The van der Waals surface area contributed by atoms with Gasteiger partial charge in [0.05, 0.1) is 13.2 Å². The van der Waals surface area contributed by atoms with Crippen molar-refractivity contribution < 1.29 is 4.74 Å². The van der Waals surface area contributed by atoms with Crippen LogP contribution in [-0.2, 0) is 17.7 Å². The molecule has 0 atom stereocenters. The van der Waals surface area contributed by atoms with Gasteiger partial charge in [0.25, 0.3) is 0 Å². The number of morpholine rings is 1. The van der Waals surface area contributed by atoms with E-state index >= 15 is 0 Å². The fourth-order valence-corrected chi connectivity index (χ4v) is 4.34. The summed E-state index contributed by atoms with van der Waals surface area (Å²) in [6, 6.07) is 15.4. The molecule has 1 fully saturated rings. The molecular formula is C23H25N3O. The molecule has 138 valence electrons. The van der Waals surface area contributed by atoms with Crippen molar-refractivity contribution in [2.75, 3.05) is 32.8 Å². The van der Waals surface area contributed by atoms with Gasteiger partial charge in [-0.15, -0.1) is 0 Å². The number of nitrogens with one attached hydrogen (secondary N) is 2. The molecular weight excluding hydrogens is 334 g/mol. The molecule has 4 nitrogen and oxygen atoms in total. The third kappa shape index (κ3) is 3.05. The highest BCUT2D eigenvalue weighted by Crippen LogP contribution is 2.36. The van der Waals surface area contributed by atoms with E-state index in [1.807, 2.05) is 0 Å². The molecule has 5 rings (SSSR count).